The molecule has 3 N–H and O–H groups in total. The first-order valence-corrected chi connectivity index (χ1v) is 4.41. The molecule has 1 aliphatic heterocycles. The van der Waals surface area contributed by atoms with Gasteiger partial charge in [0.25, 0.3) is 0 Å². The van der Waals surface area contributed by atoms with Crippen LogP contribution in [-0.2, 0) is 0 Å². The molecule has 0 aromatic rings. The van der Waals surface area contributed by atoms with Gasteiger partial charge in [-0.3, -0.25) is 5.84 Å². The summed E-state index contributed by atoms with van der Waals surface area (Å²) in [5, 5.41) is 11.3. The lowest BCUT2D eigenvalue weighted by atomic mass is 9.92. The Bertz CT molecular complexity index is 119. The normalized spacial score (nSPS) is 34.1. The number of piperidine rings is 1. The van der Waals surface area contributed by atoms with Gasteiger partial charge >= 0.3 is 0 Å². The Morgan fingerprint density at radius 2 is 2.36 bits per heavy atom. The highest BCUT2D eigenvalue weighted by Gasteiger charge is 2.24. The largest absolute Gasteiger partial charge is 0.393 e. The maximum absolute atomic E-state index is 9.54. The molecule has 1 heterocycles. The van der Waals surface area contributed by atoms with Gasteiger partial charge in [-0.15, -0.1) is 0 Å². The zero-order chi connectivity index (χ0) is 8.27. The van der Waals surface area contributed by atoms with Crippen LogP contribution < -0.4 is 5.84 Å². The Morgan fingerprint density at radius 3 is 3.00 bits per heavy atom. The van der Waals surface area contributed by atoms with E-state index < -0.39 is 0 Å². The van der Waals surface area contributed by atoms with E-state index >= 15 is 0 Å². The lowest BCUT2D eigenvalue weighted by Crippen LogP contribution is -2.46. The first-order valence-electron chi connectivity index (χ1n) is 4.41. The molecule has 2 atom stereocenters. The number of nitrogens with zero attached hydrogens (tertiary/aromatic N) is 1. The van der Waals surface area contributed by atoms with Crippen LogP contribution in [0.25, 0.3) is 0 Å². The Labute approximate surface area is 68.2 Å². The molecular formula is C8H18N2O. The molecule has 66 valence electrons. The van der Waals surface area contributed by atoms with Gasteiger partial charge in [-0.05, 0) is 18.8 Å². The van der Waals surface area contributed by atoms with Crippen molar-refractivity contribution in [2.24, 2.45) is 11.8 Å². The van der Waals surface area contributed by atoms with Crippen molar-refractivity contribution in [2.75, 3.05) is 13.1 Å². The fourth-order valence-electron chi connectivity index (χ4n) is 1.70. The second-order valence-corrected chi connectivity index (χ2v) is 3.40. The van der Waals surface area contributed by atoms with E-state index in [1.54, 1.807) is 0 Å². The molecule has 0 aromatic carbocycles. The minimum Gasteiger partial charge on any atom is -0.393 e. The molecule has 1 fully saturated rings. The molecule has 11 heavy (non-hydrogen) atoms. The van der Waals surface area contributed by atoms with E-state index in [4.69, 9.17) is 5.84 Å². The minimum absolute atomic E-state index is 0.116. The molecule has 3 nitrogen and oxygen atoms in total. The van der Waals surface area contributed by atoms with Gasteiger partial charge in [-0.1, -0.05) is 13.3 Å². The monoisotopic (exact) mass is 158 g/mol. The van der Waals surface area contributed by atoms with Crippen LogP contribution in [0.3, 0.4) is 0 Å². The minimum atomic E-state index is -0.116. The second-order valence-electron chi connectivity index (χ2n) is 3.40. The summed E-state index contributed by atoms with van der Waals surface area (Å²) in [5.41, 5.74) is 0. The third-order valence-corrected chi connectivity index (χ3v) is 2.38. The topological polar surface area (TPSA) is 49.5 Å². The Morgan fingerprint density at radius 1 is 1.64 bits per heavy atom. The lowest BCUT2D eigenvalue weighted by molar-refractivity contribution is 0.0225. The predicted molar refractivity (Wildman–Crippen MR) is 44.8 cm³/mol. The van der Waals surface area contributed by atoms with Gasteiger partial charge < -0.3 is 5.11 Å². The van der Waals surface area contributed by atoms with E-state index in [0.29, 0.717) is 5.92 Å². The van der Waals surface area contributed by atoms with E-state index in [0.717, 1.165) is 32.4 Å². The summed E-state index contributed by atoms with van der Waals surface area (Å²) in [5.74, 6) is 6.04. The lowest BCUT2D eigenvalue weighted by Gasteiger charge is -2.33. The Kier molecular flexibility index (Phi) is 3.30. The number of hydrazine groups is 1. The highest BCUT2D eigenvalue weighted by atomic mass is 16.3. The quantitative estimate of drug-likeness (QED) is 0.570. The molecule has 0 radical (unpaired) electrons. The van der Waals surface area contributed by atoms with E-state index in [9.17, 15) is 5.11 Å². The van der Waals surface area contributed by atoms with Gasteiger partial charge in [0, 0.05) is 13.1 Å². The summed E-state index contributed by atoms with van der Waals surface area (Å²) in [4.78, 5) is 0. The van der Waals surface area contributed by atoms with Crippen molar-refractivity contribution in [3.63, 3.8) is 0 Å². The molecule has 0 unspecified atom stereocenters. The third kappa shape index (κ3) is 2.43. The van der Waals surface area contributed by atoms with Crippen LogP contribution in [0.5, 0.6) is 0 Å². The molecule has 0 saturated carbocycles. The number of hydrogen-bond acceptors (Lipinski definition) is 3. The average Bonchev–Trinajstić information content (AvgIpc) is 1.98. The SMILES string of the molecule is CCC[C@@H]1CN(N)CC[C@H]1O. The van der Waals surface area contributed by atoms with Crippen LogP contribution >= 0.6 is 0 Å². The van der Waals surface area contributed by atoms with E-state index in [2.05, 4.69) is 6.92 Å². The maximum atomic E-state index is 9.54. The first-order chi connectivity index (χ1) is 5.24. The van der Waals surface area contributed by atoms with Crippen LogP contribution in [0.2, 0.25) is 0 Å². The van der Waals surface area contributed by atoms with Crippen molar-refractivity contribution in [1.29, 1.82) is 0 Å². The van der Waals surface area contributed by atoms with Gasteiger partial charge in [-0.25, -0.2) is 5.01 Å². The van der Waals surface area contributed by atoms with Crippen LogP contribution in [0, 0.1) is 5.92 Å². The van der Waals surface area contributed by atoms with Crippen molar-refractivity contribution >= 4 is 0 Å². The summed E-state index contributed by atoms with van der Waals surface area (Å²) in [6, 6.07) is 0. The summed E-state index contributed by atoms with van der Waals surface area (Å²) < 4.78 is 0. The molecule has 1 rings (SSSR count). The Hall–Kier alpha value is -0.120. The first kappa shape index (κ1) is 8.97. The average molecular weight is 158 g/mol. The summed E-state index contributed by atoms with van der Waals surface area (Å²) in [7, 11) is 0. The molecule has 3 heteroatoms. The van der Waals surface area contributed by atoms with Crippen molar-refractivity contribution in [1.82, 2.24) is 5.01 Å². The van der Waals surface area contributed by atoms with Crippen molar-refractivity contribution < 1.29 is 5.11 Å². The highest BCUT2D eigenvalue weighted by molar-refractivity contribution is 4.76. The standard InChI is InChI=1S/C8H18N2O/c1-2-3-7-6-10(9)5-4-8(7)11/h7-8,11H,2-6,9H2,1H3/t7-,8-/m1/s1. The van der Waals surface area contributed by atoms with E-state index in [1.807, 2.05) is 5.01 Å². The smallest absolute Gasteiger partial charge is 0.0593 e. The van der Waals surface area contributed by atoms with Crippen LogP contribution in [0.1, 0.15) is 26.2 Å². The molecule has 1 saturated heterocycles. The number of aliphatic hydroxyl groups excluding tert-OH is 1. The number of rotatable bonds is 2. The zero-order valence-corrected chi connectivity index (χ0v) is 7.16. The van der Waals surface area contributed by atoms with Gasteiger partial charge in [0.1, 0.15) is 0 Å². The summed E-state index contributed by atoms with van der Waals surface area (Å²) in [6.07, 6.45) is 2.95. The van der Waals surface area contributed by atoms with Gasteiger partial charge in [0.05, 0.1) is 6.10 Å². The van der Waals surface area contributed by atoms with Crippen LogP contribution in [-0.4, -0.2) is 29.3 Å². The summed E-state index contributed by atoms with van der Waals surface area (Å²) in [6.45, 7) is 3.83. The molecule has 0 spiro atoms. The van der Waals surface area contributed by atoms with Crippen LogP contribution in [0.4, 0.5) is 0 Å². The number of hydrogen-bond donors (Lipinski definition) is 2. The van der Waals surface area contributed by atoms with Gasteiger partial charge in [-0.2, -0.15) is 0 Å². The summed E-state index contributed by atoms with van der Waals surface area (Å²) >= 11 is 0. The van der Waals surface area contributed by atoms with Gasteiger partial charge in [0.15, 0.2) is 0 Å². The van der Waals surface area contributed by atoms with Gasteiger partial charge in [0.2, 0.25) is 0 Å². The van der Waals surface area contributed by atoms with Crippen LogP contribution in [0.15, 0.2) is 0 Å². The number of nitrogens with two attached hydrogens (primary N) is 1. The molecule has 0 bridgehead atoms. The Balaban J connectivity index is 2.34. The van der Waals surface area contributed by atoms with E-state index in [-0.39, 0.29) is 6.10 Å². The highest BCUT2D eigenvalue weighted by Crippen LogP contribution is 2.19. The maximum Gasteiger partial charge on any atom is 0.0593 e. The molecular weight excluding hydrogens is 140 g/mol. The van der Waals surface area contributed by atoms with Crippen molar-refractivity contribution in [2.45, 2.75) is 32.3 Å². The fourth-order valence-corrected chi connectivity index (χ4v) is 1.70. The fraction of sp³-hybridized carbons (Fsp3) is 1.00. The zero-order valence-electron chi connectivity index (χ0n) is 7.16. The predicted octanol–water partition coefficient (Wildman–Crippen LogP) is 0.343. The third-order valence-electron chi connectivity index (χ3n) is 2.38. The van der Waals surface area contributed by atoms with E-state index in [1.165, 1.54) is 0 Å². The molecule has 0 amide bonds. The number of aliphatic hydroxyl groups is 1. The molecule has 1 aliphatic rings. The van der Waals surface area contributed by atoms with Crippen molar-refractivity contribution in [3.8, 4) is 0 Å². The molecule has 0 aromatic heterocycles. The van der Waals surface area contributed by atoms with Crippen molar-refractivity contribution in [3.05, 3.63) is 0 Å². The molecule has 0 aliphatic carbocycles. The second kappa shape index (κ2) is 4.04.